The van der Waals surface area contributed by atoms with Crippen LogP contribution in [0.3, 0.4) is 0 Å². The Kier molecular flexibility index (Phi) is 4.81. The largest absolute Gasteiger partial charge is 0.310 e. The van der Waals surface area contributed by atoms with Gasteiger partial charge in [-0.1, -0.05) is 36.4 Å². The molecule has 10 heteroatoms. The van der Waals surface area contributed by atoms with Crippen molar-refractivity contribution in [3.8, 4) is 0 Å². The molecule has 0 bridgehead atoms. The molecule has 1 aromatic rings. The summed E-state index contributed by atoms with van der Waals surface area (Å²) in [6, 6.07) is 5.61. The minimum absolute atomic E-state index is 0.106. The van der Waals surface area contributed by atoms with Crippen LogP contribution in [0.1, 0.15) is 12.0 Å². The molecule has 0 atom stereocenters. The maximum Gasteiger partial charge on any atom is 0.295 e. The third kappa shape index (κ3) is 4.38. The lowest BCUT2D eigenvalue weighted by molar-refractivity contribution is 0.476. The van der Waals surface area contributed by atoms with Gasteiger partial charge in [0.1, 0.15) is 4.90 Å². The molecule has 24 heavy (non-hydrogen) atoms. The summed E-state index contributed by atoms with van der Waals surface area (Å²) in [6.45, 7) is 0. The van der Waals surface area contributed by atoms with E-state index in [9.17, 15) is 25.9 Å². The van der Waals surface area contributed by atoms with Crippen molar-refractivity contribution < 1.29 is 25.9 Å². The number of hydrogen-bond acceptors (Lipinski definition) is 6. The first-order valence-electron chi connectivity index (χ1n) is 6.62. The average Bonchev–Trinajstić information content (AvgIpc) is 2.43. The molecular formula is C14H16N2O6S2. The molecule has 130 valence electrons. The normalized spacial score (nSPS) is 18.3. The molecule has 0 aromatic heterocycles. The van der Waals surface area contributed by atoms with E-state index < -0.39 is 25.9 Å². The minimum Gasteiger partial charge on any atom is -0.310 e. The molecule has 0 unspecified atom stereocenters. The first-order chi connectivity index (χ1) is 10.9. The van der Waals surface area contributed by atoms with E-state index in [1.165, 1.54) is 42.5 Å². The van der Waals surface area contributed by atoms with Crippen LogP contribution in [0, 0.1) is 0 Å². The Balaban J connectivity index is 2.53. The van der Waals surface area contributed by atoms with Crippen molar-refractivity contribution in [2.45, 2.75) is 17.0 Å². The highest BCUT2D eigenvalue weighted by molar-refractivity contribution is 7.89. The van der Waals surface area contributed by atoms with Crippen LogP contribution in [0.15, 0.2) is 57.9 Å². The van der Waals surface area contributed by atoms with E-state index in [0.29, 0.717) is 0 Å². The molecule has 2 rings (SSSR count). The van der Waals surface area contributed by atoms with Crippen LogP contribution in [0.4, 0.5) is 0 Å². The second kappa shape index (κ2) is 6.24. The van der Waals surface area contributed by atoms with Crippen molar-refractivity contribution in [3.05, 3.63) is 58.5 Å². The third-order valence-corrected chi connectivity index (χ3v) is 5.24. The Labute approximate surface area is 139 Å². The summed E-state index contributed by atoms with van der Waals surface area (Å²) >= 11 is 0. The van der Waals surface area contributed by atoms with Crippen molar-refractivity contribution in [1.29, 1.82) is 0 Å². The van der Waals surface area contributed by atoms with E-state index >= 15 is 0 Å². The predicted molar refractivity (Wildman–Crippen MR) is 88.7 cm³/mol. The van der Waals surface area contributed by atoms with Crippen molar-refractivity contribution in [2.75, 3.05) is 0 Å². The number of hydrogen-bond donors (Lipinski definition) is 4. The van der Waals surface area contributed by atoms with Crippen LogP contribution in [-0.4, -0.2) is 31.6 Å². The fourth-order valence-electron chi connectivity index (χ4n) is 2.20. The fraction of sp³-hybridized carbons (Fsp3) is 0.143. The zero-order chi connectivity index (χ0) is 18.2. The Morgan fingerprint density at radius 3 is 2.21 bits per heavy atom. The van der Waals surface area contributed by atoms with Crippen LogP contribution in [0.25, 0.3) is 6.08 Å². The van der Waals surface area contributed by atoms with Gasteiger partial charge in [0.2, 0.25) is 0 Å². The Morgan fingerprint density at radius 2 is 1.62 bits per heavy atom. The Morgan fingerprint density at radius 1 is 1.00 bits per heavy atom. The molecule has 1 aliphatic carbocycles. The molecule has 0 saturated heterocycles. The number of nitrogens with two attached hydrogens (primary N) is 2. The number of allylic oxidation sites excluding steroid dienone is 3. The molecule has 0 saturated carbocycles. The topological polar surface area (TPSA) is 161 Å². The van der Waals surface area contributed by atoms with E-state index in [2.05, 4.69) is 0 Å². The molecule has 0 radical (unpaired) electrons. The highest BCUT2D eigenvalue weighted by Gasteiger charge is 2.29. The van der Waals surface area contributed by atoms with Gasteiger partial charge in [-0.2, -0.15) is 16.8 Å². The Bertz CT molecular complexity index is 957. The lowest BCUT2D eigenvalue weighted by Crippen LogP contribution is -2.49. The van der Waals surface area contributed by atoms with Gasteiger partial charge in [-0.05, 0) is 23.3 Å². The molecule has 0 fully saturated rings. The van der Waals surface area contributed by atoms with E-state index in [0.717, 1.165) is 0 Å². The van der Waals surface area contributed by atoms with Crippen LogP contribution in [0.2, 0.25) is 0 Å². The Hall–Kier alpha value is -1.82. The smallest absolute Gasteiger partial charge is 0.295 e. The molecule has 6 N–H and O–H groups in total. The van der Waals surface area contributed by atoms with E-state index in [-0.39, 0.29) is 27.4 Å². The number of rotatable bonds is 4. The highest BCUT2D eigenvalue weighted by Crippen LogP contribution is 2.28. The first-order valence-corrected chi connectivity index (χ1v) is 9.50. The molecule has 0 amide bonds. The quantitative estimate of drug-likeness (QED) is 0.443. The van der Waals surface area contributed by atoms with E-state index in [1.54, 1.807) is 6.07 Å². The van der Waals surface area contributed by atoms with Gasteiger partial charge in [-0.15, -0.1) is 0 Å². The first kappa shape index (κ1) is 18.5. The van der Waals surface area contributed by atoms with Gasteiger partial charge in [0.15, 0.2) is 0 Å². The van der Waals surface area contributed by atoms with Crippen molar-refractivity contribution >= 4 is 26.3 Å². The molecule has 8 nitrogen and oxygen atoms in total. The second-order valence-corrected chi connectivity index (χ2v) is 8.16. The summed E-state index contributed by atoms with van der Waals surface area (Å²) in [5, 5.41) is 0. The van der Waals surface area contributed by atoms with Gasteiger partial charge in [-0.3, -0.25) is 9.11 Å². The number of benzene rings is 1. The average molecular weight is 372 g/mol. The summed E-state index contributed by atoms with van der Waals surface area (Å²) in [5.74, 6) is 0. The molecular weight excluding hydrogens is 356 g/mol. The molecule has 0 aliphatic heterocycles. The van der Waals surface area contributed by atoms with Gasteiger partial charge < -0.3 is 11.5 Å². The van der Waals surface area contributed by atoms with Crippen molar-refractivity contribution in [2.24, 2.45) is 11.5 Å². The second-order valence-electron chi connectivity index (χ2n) is 5.32. The van der Waals surface area contributed by atoms with Crippen LogP contribution in [0.5, 0.6) is 0 Å². The minimum atomic E-state index is -4.54. The summed E-state index contributed by atoms with van der Waals surface area (Å²) in [6.07, 6.45) is 4.96. The zero-order valence-electron chi connectivity index (χ0n) is 12.3. The summed E-state index contributed by atoms with van der Waals surface area (Å²) in [7, 11) is -8.98. The maximum atomic E-state index is 11.5. The monoisotopic (exact) mass is 372 g/mol. The van der Waals surface area contributed by atoms with Crippen LogP contribution < -0.4 is 11.5 Å². The van der Waals surface area contributed by atoms with Gasteiger partial charge >= 0.3 is 0 Å². The fourth-order valence-corrected chi connectivity index (χ4v) is 3.75. The third-order valence-electron chi connectivity index (χ3n) is 3.31. The molecule has 0 spiro atoms. The van der Waals surface area contributed by atoms with Crippen LogP contribution >= 0.6 is 0 Å². The summed E-state index contributed by atoms with van der Waals surface area (Å²) in [5.41, 5.74) is 10.2. The standard InChI is InChI=1S/C14H16N2O6S2/c15-14(16)8-7-11(13(9-14)24(20,21)22)6-5-10-3-1-2-4-12(10)23(17,18)19/h1-8H,9,15-16H2,(H,17,18,19)(H,20,21,22)/b6-5-. The van der Waals surface area contributed by atoms with Crippen molar-refractivity contribution in [3.63, 3.8) is 0 Å². The van der Waals surface area contributed by atoms with Gasteiger partial charge in [0, 0.05) is 6.42 Å². The lowest BCUT2D eigenvalue weighted by Gasteiger charge is -2.25. The highest BCUT2D eigenvalue weighted by atomic mass is 32.2. The summed E-state index contributed by atoms with van der Waals surface area (Å²) in [4.78, 5) is -0.711. The lowest BCUT2D eigenvalue weighted by atomic mass is 9.97. The predicted octanol–water partition coefficient (Wildman–Crippen LogP) is 0.662. The van der Waals surface area contributed by atoms with E-state index in [1.807, 2.05) is 0 Å². The van der Waals surface area contributed by atoms with Gasteiger partial charge in [0.05, 0.1) is 10.6 Å². The van der Waals surface area contributed by atoms with Crippen molar-refractivity contribution in [1.82, 2.24) is 0 Å². The summed E-state index contributed by atoms with van der Waals surface area (Å²) < 4.78 is 64.2. The maximum absolute atomic E-state index is 11.5. The van der Waals surface area contributed by atoms with Gasteiger partial charge in [0.25, 0.3) is 20.2 Å². The molecule has 1 aliphatic rings. The zero-order valence-corrected chi connectivity index (χ0v) is 14.0. The van der Waals surface area contributed by atoms with Crippen LogP contribution in [-0.2, 0) is 20.2 Å². The molecule has 0 heterocycles. The van der Waals surface area contributed by atoms with E-state index in [4.69, 9.17) is 11.5 Å². The van der Waals surface area contributed by atoms with Gasteiger partial charge in [-0.25, -0.2) is 0 Å². The molecule has 1 aromatic carbocycles. The SMILES string of the molecule is NC1(N)C=CC(/C=C\c2ccccc2S(=O)(=O)O)=C(S(=O)(=O)O)C1.